The summed E-state index contributed by atoms with van der Waals surface area (Å²) in [5.41, 5.74) is -7.48. The number of aromatic nitrogens is 2. The number of ether oxygens (including phenoxy) is 2. The molecular weight excluding hydrogens is 599 g/mol. The van der Waals surface area contributed by atoms with Gasteiger partial charge in [0, 0.05) is 27.6 Å². The molecule has 0 fully saturated rings. The van der Waals surface area contributed by atoms with Gasteiger partial charge in [-0.05, 0) is 55.5 Å². The van der Waals surface area contributed by atoms with Crippen molar-refractivity contribution in [3.8, 4) is 22.8 Å². The number of pyridine rings is 2. The summed E-state index contributed by atoms with van der Waals surface area (Å²) < 4.78 is 111. The first kappa shape index (κ1) is 31.0. The number of fused-ring (bicyclic) bond motifs is 2. The lowest BCUT2D eigenvalue weighted by atomic mass is 9.82. The van der Waals surface area contributed by atoms with Gasteiger partial charge in [-0.2, -0.15) is 17.6 Å². The van der Waals surface area contributed by atoms with Crippen molar-refractivity contribution >= 4 is 16.8 Å². The third-order valence-corrected chi connectivity index (χ3v) is 7.56. The molecule has 232 valence electrons. The van der Waals surface area contributed by atoms with Crippen LogP contribution >= 0.6 is 0 Å². The van der Waals surface area contributed by atoms with Crippen LogP contribution in [0.15, 0.2) is 48.5 Å². The van der Waals surface area contributed by atoms with E-state index in [0.717, 1.165) is 18.2 Å². The van der Waals surface area contributed by atoms with Crippen LogP contribution in [-0.4, -0.2) is 60.8 Å². The smallest absolute Gasteiger partial charge is 0.424 e. The van der Waals surface area contributed by atoms with E-state index < -0.39 is 67.1 Å². The van der Waals surface area contributed by atoms with E-state index in [9.17, 15) is 40.6 Å². The topological polar surface area (TPSA) is 93.6 Å². The van der Waals surface area contributed by atoms with Crippen molar-refractivity contribution in [2.75, 3.05) is 33.6 Å². The minimum absolute atomic E-state index is 0.0318. The molecule has 0 radical (unpaired) electrons. The minimum Gasteiger partial charge on any atom is -0.494 e. The van der Waals surface area contributed by atoms with Gasteiger partial charge in [-0.3, -0.25) is 4.79 Å². The summed E-state index contributed by atoms with van der Waals surface area (Å²) in [4.78, 5) is 20.9. The van der Waals surface area contributed by atoms with Crippen molar-refractivity contribution in [3.63, 3.8) is 0 Å². The van der Waals surface area contributed by atoms with Gasteiger partial charge in [-0.15, -0.1) is 0 Å². The number of aliphatic hydroxyl groups is 1. The van der Waals surface area contributed by atoms with Gasteiger partial charge in [0.2, 0.25) is 11.5 Å². The van der Waals surface area contributed by atoms with E-state index in [2.05, 4.69) is 9.97 Å². The summed E-state index contributed by atoms with van der Waals surface area (Å²) in [7, 11) is 1.23. The number of benzene rings is 2. The molecule has 1 aliphatic heterocycles. The lowest BCUT2D eigenvalue weighted by Crippen LogP contribution is -2.51. The molecule has 1 atom stereocenters. The van der Waals surface area contributed by atoms with Gasteiger partial charge in [-0.25, -0.2) is 23.1 Å². The summed E-state index contributed by atoms with van der Waals surface area (Å²) in [5.74, 6) is -2.76. The van der Waals surface area contributed by atoms with Gasteiger partial charge in [-0.1, -0.05) is 0 Å². The maximum atomic E-state index is 14.6. The lowest BCUT2D eigenvalue weighted by Gasteiger charge is -2.31. The van der Waals surface area contributed by atoms with Gasteiger partial charge < -0.3 is 19.9 Å². The van der Waals surface area contributed by atoms with Crippen molar-refractivity contribution < 1.29 is 50.1 Å². The molecule has 4 aromatic rings. The molecule has 2 aromatic carbocycles. The molecule has 14 heteroatoms. The van der Waals surface area contributed by atoms with Gasteiger partial charge in [0.25, 0.3) is 5.91 Å². The number of nitrogens with one attached hydrogen (secondary N) is 1. The molecule has 44 heavy (non-hydrogen) atoms. The number of hydrogen-bond donors (Lipinski definition) is 2. The highest BCUT2D eigenvalue weighted by atomic mass is 19.4. The van der Waals surface area contributed by atoms with Gasteiger partial charge in [0.1, 0.15) is 48.5 Å². The Kier molecular flexibility index (Phi) is 7.91. The zero-order valence-electron chi connectivity index (χ0n) is 23.2. The first-order valence-electron chi connectivity index (χ1n) is 13.1. The molecule has 7 nitrogen and oxygen atoms in total. The fraction of sp³-hybridized carbons (Fsp3) is 0.300. The molecule has 1 aliphatic rings. The standard InChI is InChI=1S/C30H24F7N3O4/c1-15-7-17-8-18(9-21(43-2)23(17)40-26(15)34)27(41)38-13-29(42,30(35,36)37)22-10-20-25(44-14-28(20,11-31)12-32)24(39-22)16-3-5-19(33)6-4-16/h3-10,42H,11-14H2,1-2H3,(H,38,41). The Morgan fingerprint density at radius 1 is 1.07 bits per heavy atom. The molecule has 2 N–H and O–H groups in total. The number of aryl methyl sites for hydroxylation is 1. The van der Waals surface area contributed by atoms with Crippen molar-refractivity contribution in [1.29, 1.82) is 0 Å². The summed E-state index contributed by atoms with van der Waals surface area (Å²) in [6.45, 7) is -3.28. The van der Waals surface area contributed by atoms with Crippen LogP contribution in [0, 0.1) is 18.7 Å². The van der Waals surface area contributed by atoms with Crippen molar-refractivity contribution in [2.24, 2.45) is 0 Å². The fourth-order valence-electron chi connectivity index (χ4n) is 4.90. The zero-order chi connectivity index (χ0) is 32.0. The summed E-state index contributed by atoms with van der Waals surface area (Å²) in [6.07, 6.45) is -5.46. The van der Waals surface area contributed by atoms with Crippen LogP contribution in [-0.2, 0) is 11.0 Å². The first-order chi connectivity index (χ1) is 20.8. The average molecular weight is 624 g/mol. The highest BCUT2D eigenvalue weighted by Crippen LogP contribution is 2.48. The Bertz CT molecular complexity index is 1740. The van der Waals surface area contributed by atoms with Crippen LogP contribution in [0.25, 0.3) is 22.2 Å². The van der Waals surface area contributed by atoms with Crippen molar-refractivity contribution in [1.82, 2.24) is 15.3 Å². The molecule has 0 saturated carbocycles. The fourth-order valence-corrected chi connectivity index (χ4v) is 4.90. The zero-order valence-corrected chi connectivity index (χ0v) is 23.2. The number of halogens is 7. The second-order valence-electron chi connectivity index (χ2n) is 10.5. The molecular formula is C30H24F7N3O4. The van der Waals surface area contributed by atoms with Crippen LogP contribution in [0.1, 0.15) is 27.2 Å². The van der Waals surface area contributed by atoms with E-state index in [1.165, 1.54) is 38.3 Å². The van der Waals surface area contributed by atoms with E-state index in [1.54, 1.807) is 0 Å². The van der Waals surface area contributed by atoms with E-state index in [-0.39, 0.29) is 50.3 Å². The number of carbonyl (C=O) groups is 1. The summed E-state index contributed by atoms with van der Waals surface area (Å²) in [6, 6.07) is 8.84. The predicted molar refractivity (Wildman–Crippen MR) is 144 cm³/mol. The van der Waals surface area contributed by atoms with Crippen LogP contribution in [0.2, 0.25) is 0 Å². The molecule has 0 saturated heterocycles. The monoisotopic (exact) mass is 623 g/mol. The Hall–Kier alpha value is -4.46. The predicted octanol–water partition coefficient (Wildman–Crippen LogP) is 5.64. The van der Waals surface area contributed by atoms with E-state index in [1.807, 2.05) is 5.32 Å². The highest BCUT2D eigenvalue weighted by Gasteiger charge is 2.57. The number of nitrogens with zero attached hydrogens (tertiary/aromatic N) is 2. The summed E-state index contributed by atoms with van der Waals surface area (Å²) in [5, 5.41) is 13.5. The largest absolute Gasteiger partial charge is 0.494 e. The molecule has 3 heterocycles. The average Bonchev–Trinajstić information content (AvgIpc) is 3.38. The first-order valence-corrected chi connectivity index (χ1v) is 13.1. The van der Waals surface area contributed by atoms with E-state index >= 15 is 0 Å². The van der Waals surface area contributed by atoms with Crippen LogP contribution < -0.4 is 14.8 Å². The van der Waals surface area contributed by atoms with E-state index in [0.29, 0.717) is 6.07 Å². The van der Waals surface area contributed by atoms with Gasteiger partial charge >= 0.3 is 6.18 Å². The Morgan fingerprint density at radius 3 is 2.36 bits per heavy atom. The second-order valence-corrected chi connectivity index (χ2v) is 10.5. The molecule has 5 rings (SSSR count). The van der Waals surface area contributed by atoms with E-state index in [4.69, 9.17) is 9.47 Å². The quantitative estimate of drug-likeness (QED) is 0.195. The van der Waals surface area contributed by atoms with Crippen LogP contribution in [0.4, 0.5) is 30.7 Å². The minimum atomic E-state index is -5.46. The Labute approximate surface area is 245 Å². The highest BCUT2D eigenvalue weighted by molar-refractivity contribution is 6.00. The SMILES string of the molecule is COc1cc(C(=O)NCC(O)(c2cc3c(c(-c4ccc(F)cc4)n2)OCC3(CF)CF)C(F)(F)F)cc2cc(C)c(F)nc12. The normalized spacial score (nSPS) is 15.4. The third-order valence-electron chi connectivity index (χ3n) is 7.56. The molecule has 1 amide bonds. The lowest BCUT2D eigenvalue weighted by molar-refractivity contribution is -0.265. The van der Waals surface area contributed by atoms with Crippen LogP contribution in [0.5, 0.6) is 11.5 Å². The number of carbonyl (C=O) groups excluding carboxylic acids is 1. The molecule has 1 unspecified atom stereocenters. The third kappa shape index (κ3) is 5.16. The Balaban J connectivity index is 1.58. The van der Waals surface area contributed by atoms with Crippen LogP contribution in [0.3, 0.4) is 0 Å². The van der Waals surface area contributed by atoms with Crippen molar-refractivity contribution in [3.05, 3.63) is 82.7 Å². The molecule has 0 aliphatic carbocycles. The van der Waals surface area contributed by atoms with Gasteiger partial charge in [0.15, 0.2) is 0 Å². The number of alkyl halides is 5. The number of rotatable bonds is 8. The second kappa shape index (κ2) is 11.2. The molecule has 2 aromatic heterocycles. The number of hydrogen-bond acceptors (Lipinski definition) is 6. The Morgan fingerprint density at radius 2 is 1.75 bits per heavy atom. The molecule has 0 spiro atoms. The molecule has 0 bridgehead atoms. The maximum absolute atomic E-state index is 14.6. The number of methoxy groups -OCH3 is 1. The van der Waals surface area contributed by atoms with Crippen molar-refractivity contribution in [2.45, 2.75) is 24.1 Å². The number of amides is 1. The van der Waals surface area contributed by atoms with Gasteiger partial charge in [0.05, 0.1) is 24.8 Å². The summed E-state index contributed by atoms with van der Waals surface area (Å²) >= 11 is 0. The maximum Gasteiger partial charge on any atom is 0.424 e.